The minimum atomic E-state index is -0.0479. The van der Waals surface area contributed by atoms with Gasteiger partial charge in [-0.25, -0.2) is 0 Å². The molecule has 0 unspecified atom stereocenters. The first-order valence-electron chi connectivity index (χ1n) is 9.02. The van der Waals surface area contributed by atoms with Gasteiger partial charge in [0.25, 0.3) is 5.91 Å². The monoisotopic (exact) mass is 382 g/mol. The van der Waals surface area contributed by atoms with Crippen LogP contribution in [0.1, 0.15) is 29.8 Å². The normalized spacial score (nSPS) is 14.6. The van der Waals surface area contributed by atoms with Crippen molar-refractivity contribution < 1.29 is 9.59 Å². The van der Waals surface area contributed by atoms with E-state index < -0.39 is 0 Å². The lowest BCUT2D eigenvalue weighted by Gasteiger charge is -2.27. The van der Waals surface area contributed by atoms with Gasteiger partial charge in [-0.1, -0.05) is 26.0 Å². The van der Waals surface area contributed by atoms with Gasteiger partial charge >= 0.3 is 0 Å². The fraction of sp³-hybridized carbons (Fsp3) is 0.579. The summed E-state index contributed by atoms with van der Waals surface area (Å²) in [6.45, 7) is 9.99. The van der Waals surface area contributed by atoms with E-state index in [0.717, 1.165) is 38.3 Å². The molecule has 146 valence electrons. The minimum absolute atomic E-state index is 0. The lowest BCUT2D eigenvalue weighted by Crippen LogP contribution is -2.46. The van der Waals surface area contributed by atoms with Gasteiger partial charge in [-0.05, 0) is 17.7 Å². The second-order valence-electron chi connectivity index (χ2n) is 6.89. The molecular formula is C19H31ClN4O2. The Balaban J connectivity index is 0.00000338. The maximum Gasteiger partial charge on any atom is 0.251 e. The zero-order valence-corrected chi connectivity index (χ0v) is 16.8. The van der Waals surface area contributed by atoms with Crippen LogP contribution in [0.5, 0.6) is 0 Å². The number of halogens is 1. The molecule has 0 aromatic heterocycles. The first kappa shape index (κ1) is 22.4. The lowest BCUT2D eigenvalue weighted by molar-refractivity contribution is -0.133. The Morgan fingerprint density at radius 2 is 1.81 bits per heavy atom. The molecule has 2 rings (SSSR count). The maximum atomic E-state index is 12.2. The van der Waals surface area contributed by atoms with Crippen LogP contribution >= 0.6 is 12.4 Å². The first-order valence-corrected chi connectivity index (χ1v) is 9.02. The van der Waals surface area contributed by atoms with Gasteiger partial charge in [0.05, 0.1) is 0 Å². The molecule has 2 N–H and O–H groups in total. The third-order valence-electron chi connectivity index (χ3n) is 4.43. The topological polar surface area (TPSA) is 64.7 Å². The van der Waals surface area contributed by atoms with Crippen molar-refractivity contribution in [2.45, 2.75) is 20.4 Å². The zero-order valence-electron chi connectivity index (χ0n) is 16.0. The molecule has 1 heterocycles. The van der Waals surface area contributed by atoms with Crippen LogP contribution in [0, 0.1) is 5.92 Å². The molecule has 0 atom stereocenters. The third kappa shape index (κ3) is 6.94. The summed E-state index contributed by atoms with van der Waals surface area (Å²) in [5.41, 5.74) is 1.68. The molecule has 0 bridgehead atoms. The predicted octanol–water partition coefficient (Wildman–Crippen LogP) is 1.36. The zero-order chi connectivity index (χ0) is 18.2. The van der Waals surface area contributed by atoms with E-state index in [0.29, 0.717) is 18.7 Å². The summed E-state index contributed by atoms with van der Waals surface area (Å²) in [6, 6.07) is 7.47. The third-order valence-corrected chi connectivity index (χ3v) is 4.43. The second-order valence-corrected chi connectivity index (χ2v) is 6.89. The summed E-state index contributed by atoms with van der Waals surface area (Å²) in [6.07, 6.45) is 0. The van der Waals surface area contributed by atoms with Gasteiger partial charge in [0.1, 0.15) is 0 Å². The van der Waals surface area contributed by atoms with Gasteiger partial charge in [0, 0.05) is 64.3 Å². The molecule has 6 nitrogen and oxygen atoms in total. The molecule has 0 aliphatic carbocycles. The number of carbonyl (C=O) groups excluding carboxylic acids is 2. The highest BCUT2D eigenvalue weighted by molar-refractivity contribution is 5.94. The molecule has 1 aliphatic heterocycles. The number of piperazine rings is 1. The molecular weight excluding hydrogens is 352 g/mol. The highest BCUT2D eigenvalue weighted by Gasteiger charge is 2.14. The summed E-state index contributed by atoms with van der Waals surface area (Å²) < 4.78 is 0. The van der Waals surface area contributed by atoms with E-state index in [1.807, 2.05) is 38.1 Å². The van der Waals surface area contributed by atoms with Crippen LogP contribution in [0.3, 0.4) is 0 Å². The van der Waals surface area contributed by atoms with Crippen molar-refractivity contribution in [2.75, 3.05) is 46.3 Å². The second kappa shape index (κ2) is 11.2. The number of hydrogen-bond acceptors (Lipinski definition) is 4. The number of carbonyl (C=O) groups is 2. The maximum absolute atomic E-state index is 12.2. The number of nitrogens with one attached hydrogen (secondary N) is 2. The van der Waals surface area contributed by atoms with Crippen molar-refractivity contribution in [3.8, 4) is 0 Å². The van der Waals surface area contributed by atoms with E-state index in [9.17, 15) is 9.59 Å². The standard InChI is InChI=1S/C19H30N4O2.ClH/c1-15(2)19(25)22(3)14-16-4-6-17(7-5-16)18(24)21-10-13-23-11-8-20-9-12-23;/h4-7,15,20H,8-14H2,1-3H3,(H,21,24);1H. The summed E-state index contributed by atoms with van der Waals surface area (Å²) in [7, 11) is 1.80. The predicted molar refractivity (Wildman–Crippen MR) is 107 cm³/mol. The SMILES string of the molecule is CC(C)C(=O)N(C)Cc1ccc(C(=O)NCCN2CCNCC2)cc1.Cl. The van der Waals surface area contributed by atoms with Crippen molar-refractivity contribution in [3.63, 3.8) is 0 Å². The Morgan fingerprint density at radius 1 is 1.19 bits per heavy atom. The number of nitrogens with zero attached hydrogens (tertiary/aromatic N) is 2. The fourth-order valence-corrected chi connectivity index (χ4v) is 2.92. The van der Waals surface area contributed by atoms with E-state index in [4.69, 9.17) is 0 Å². The average Bonchev–Trinajstić information content (AvgIpc) is 2.62. The summed E-state index contributed by atoms with van der Waals surface area (Å²) in [5, 5.41) is 6.29. The van der Waals surface area contributed by atoms with Gasteiger partial charge in [-0.3, -0.25) is 14.5 Å². The molecule has 7 heteroatoms. The summed E-state index contributed by atoms with van der Waals surface area (Å²) in [5.74, 6) is 0.0637. The molecule has 0 saturated carbocycles. The van der Waals surface area contributed by atoms with Crippen LogP contribution < -0.4 is 10.6 Å². The summed E-state index contributed by atoms with van der Waals surface area (Å²) in [4.78, 5) is 28.2. The van der Waals surface area contributed by atoms with Crippen molar-refractivity contribution in [1.82, 2.24) is 20.4 Å². The molecule has 1 fully saturated rings. The van der Waals surface area contributed by atoms with Gasteiger partial charge in [0.2, 0.25) is 5.91 Å². The van der Waals surface area contributed by atoms with Crippen LogP contribution in [0.2, 0.25) is 0 Å². The Bertz CT molecular complexity index is 571. The fourth-order valence-electron chi connectivity index (χ4n) is 2.92. The number of amides is 2. The van der Waals surface area contributed by atoms with Gasteiger partial charge < -0.3 is 15.5 Å². The highest BCUT2D eigenvalue weighted by atomic mass is 35.5. The molecule has 1 aromatic rings. The molecule has 1 aliphatic rings. The number of rotatable bonds is 7. The number of benzene rings is 1. The van der Waals surface area contributed by atoms with Crippen molar-refractivity contribution in [3.05, 3.63) is 35.4 Å². The smallest absolute Gasteiger partial charge is 0.251 e. The Hall–Kier alpha value is -1.63. The van der Waals surface area contributed by atoms with Crippen molar-refractivity contribution in [1.29, 1.82) is 0 Å². The van der Waals surface area contributed by atoms with E-state index in [-0.39, 0.29) is 30.1 Å². The van der Waals surface area contributed by atoms with Gasteiger partial charge in [-0.2, -0.15) is 0 Å². The van der Waals surface area contributed by atoms with E-state index in [2.05, 4.69) is 15.5 Å². The average molecular weight is 383 g/mol. The van der Waals surface area contributed by atoms with Crippen molar-refractivity contribution >= 4 is 24.2 Å². The largest absolute Gasteiger partial charge is 0.351 e. The van der Waals surface area contributed by atoms with Crippen LogP contribution in [-0.2, 0) is 11.3 Å². The van der Waals surface area contributed by atoms with E-state index in [1.165, 1.54) is 0 Å². The van der Waals surface area contributed by atoms with Crippen molar-refractivity contribution in [2.24, 2.45) is 5.92 Å². The molecule has 2 amide bonds. The molecule has 1 aromatic carbocycles. The molecule has 0 radical (unpaired) electrons. The van der Waals surface area contributed by atoms with Crippen LogP contribution in [-0.4, -0.2) is 67.9 Å². The molecule has 0 spiro atoms. The Labute approximate surface area is 162 Å². The lowest BCUT2D eigenvalue weighted by atomic mass is 10.1. The minimum Gasteiger partial charge on any atom is -0.351 e. The first-order chi connectivity index (χ1) is 12.0. The highest BCUT2D eigenvalue weighted by Crippen LogP contribution is 2.09. The van der Waals surface area contributed by atoms with Gasteiger partial charge in [-0.15, -0.1) is 12.4 Å². The summed E-state index contributed by atoms with van der Waals surface area (Å²) >= 11 is 0. The van der Waals surface area contributed by atoms with E-state index in [1.54, 1.807) is 11.9 Å². The van der Waals surface area contributed by atoms with Gasteiger partial charge in [0.15, 0.2) is 0 Å². The van der Waals surface area contributed by atoms with E-state index >= 15 is 0 Å². The molecule has 26 heavy (non-hydrogen) atoms. The van der Waals surface area contributed by atoms with Crippen LogP contribution in [0.25, 0.3) is 0 Å². The quantitative estimate of drug-likeness (QED) is 0.747. The Morgan fingerprint density at radius 3 is 2.38 bits per heavy atom. The molecule has 1 saturated heterocycles. The van der Waals surface area contributed by atoms with Crippen LogP contribution in [0.15, 0.2) is 24.3 Å². The Kier molecular flexibility index (Phi) is 9.62. The number of hydrogen-bond donors (Lipinski definition) is 2. The van der Waals surface area contributed by atoms with Crippen LogP contribution in [0.4, 0.5) is 0 Å².